The molecule has 0 N–H and O–H groups in total. The normalized spacial score (nSPS) is 12.4. The van der Waals surface area contributed by atoms with E-state index in [4.69, 9.17) is 0 Å². The van der Waals surface area contributed by atoms with E-state index < -0.39 is 27.7 Å². The van der Waals surface area contributed by atoms with Gasteiger partial charge in [0.05, 0.1) is 10.5 Å². The molecule has 2 aromatic carbocycles. The van der Waals surface area contributed by atoms with Crippen LogP contribution in [0, 0.1) is 0 Å². The molecule has 29 heavy (non-hydrogen) atoms. The first kappa shape index (κ1) is 22.9. The minimum absolute atomic E-state index is 0.0424. The van der Waals surface area contributed by atoms with Crippen LogP contribution in [0.3, 0.4) is 0 Å². The van der Waals surface area contributed by atoms with Gasteiger partial charge in [-0.2, -0.15) is 17.5 Å². The number of carbonyl (C=O) groups excluding carboxylic acids is 1. The molecule has 0 aliphatic heterocycles. The van der Waals surface area contributed by atoms with Gasteiger partial charge in [0.25, 0.3) is 5.91 Å². The molecule has 5 nitrogen and oxygen atoms in total. The highest BCUT2D eigenvalue weighted by molar-refractivity contribution is 7.89. The molecule has 0 radical (unpaired) electrons. The molecule has 0 atom stereocenters. The van der Waals surface area contributed by atoms with E-state index in [1.54, 1.807) is 13.8 Å². The predicted octanol–water partition coefficient (Wildman–Crippen LogP) is 4.01. The van der Waals surface area contributed by atoms with Crippen LogP contribution in [0.25, 0.3) is 0 Å². The van der Waals surface area contributed by atoms with E-state index in [1.807, 2.05) is 0 Å². The van der Waals surface area contributed by atoms with Crippen molar-refractivity contribution in [1.82, 2.24) is 9.21 Å². The van der Waals surface area contributed by atoms with E-state index in [1.165, 1.54) is 60.9 Å². The lowest BCUT2D eigenvalue weighted by Crippen LogP contribution is -2.33. The third-order valence-corrected chi connectivity index (χ3v) is 6.59. The van der Waals surface area contributed by atoms with Gasteiger partial charge in [0.1, 0.15) is 0 Å². The zero-order valence-corrected chi connectivity index (χ0v) is 17.4. The van der Waals surface area contributed by atoms with Gasteiger partial charge in [-0.05, 0) is 43.7 Å². The Kier molecular flexibility index (Phi) is 6.74. The number of hydrogen-bond donors (Lipinski definition) is 0. The summed E-state index contributed by atoms with van der Waals surface area (Å²) in [5.41, 5.74) is -0.774. The summed E-state index contributed by atoms with van der Waals surface area (Å²) in [5, 5.41) is 0. The topological polar surface area (TPSA) is 57.7 Å². The molecule has 0 unspecified atom stereocenters. The Morgan fingerprint density at radius 1 is 1.03 bits per heavy atom. The van der Waals surface area contributed by atoms with Gasteiger partial charge in [0.15, 0.2) is 0 Å². The molecule has 0 bridgehead atoms. The summed E-state index contributed by atoms with van der Waals surface area (Å²) in [6, 6.07) is 10.2. The summed E-state index contributed by atoms with van der Waals surface area (Å²) in [4.78, 5) is 13.8. The molecule has 158 valence electrons. The van der Waals surface area contributed by atoms with Crippen LogP contribution in [0.5, 0.6) is 0 Å². The van der Waals surface area contributed by atoms with Crippen molar-refractivity contribution >= 4 is 15.9 Å². The van der Waals surface area contributed by atoms with Gasteiger partial charge < -0.3 is 4.90 Å². The van der Waals surface area contributed by atoms with Crippen LogP contribution in [-0.2, 0) is 22.7 Å². The number of rotatable bonds is 6. The SMILES string of the molecule is CC(C)N(C)S(=O)(=O)c1cccc(C(=O)N(C)Cc2ccccc2C(F)(F)F)c1. The van der Waals surface area contributed by atoms with Gasteiger partial charge in [-0.15, -0.1) is 0 Å². The number of hydrogen-bond acceptors (Lipinski definition) is 3. The lowest BCUT2D eigenvalue weighted by atomic mass is 10.1. The number of nitrogens with zero attached hydrogens (tertiary/aromatic N) is 2. The maximum absolute atomic E-state index is 13.2. The van der Waals surface area contributed by atoms with Gasteiger partial charge in [0, 0.05) is 32.2 Å². The second-order valence-electron chi connectivity index (χ2n) is 6.96. The summed E-state index contributed by atoms with van der Waals surface area (Å²) in [5.74, 6) is -0.578. The summed E-state index contributed by atoms with van der Waals surface area (Å²) in [6.07, 6.45) is -4.53. The van der Waals surface area contributed by atoms with Gasteiger partial charge >= 0.3 is 6.18 Å². The fraction of sp³-hybridized carbons (Fsp3) is 0.350. The minimum atomic E-state index is -4.53. The van der Waals surface area contributed by atoms with Crippen molar-refractivity contribution in [3.05, 3.63) is 65.2 Å². The molecule has 0 aromatic heterocycles. The lowest BCUT2D eigenvalue weighted by molar-refractivity contribution is -0.138. The van der Waals surface area contributed by atoms with Crippen LogP contribution in [0.1, 0.15) is 35.3 Å². The summed E-state index contributed by atoms with van der Waals surface area (Å²) >= 11 is 0. The average Bonchev–Trinajstić information content (AvgIpc) is 2.66. The largest absolute Gasteiger partial charge is 0.416 e. The third-order valence-electron chi connectivity index (χ3n) is 4.56. The fourth-order valence-corrected chi connectivity index (χ4v) is 4.13. The second-order valence-corrected chi connectivity index (χ2v) is 8.96. The van der Waals surface area contributed by atoms with E-state index in [9.17, 15) is 26.4 Å². The van der Waals surface area contributed by atoms with Gasteiger partial charge in [0.2, 0.25) is 10.0 Å². The van der Waals surface area contributed by atoms with Crippen molar-refractivity contribution in [2.75, 3.05) is 14.1 Å². The fourth-order valence-electron chi connectivity index (χ4n) is 2.72. The van der Waals surface area contributed by atoms with Crippen LogP contribution in [0.15, 0.2) is 53.4 Å². The van der Waals surface area contributed by atoms with E-state index >= 15 is 0 Å². The van der Waals surface area contributed by atoms with Crippen molar-refractivity contribution in [3.63, 3.8) is 0 Å². The molecule has 0 spiro atoms. The van der Waals surface area contributed by atoms with E-state index in [2.05, 4.69) is 0 Å². The highest BCUT2D eigenvalue weighted by Crippen LogP contribution is 2.32. The molecule has 0 aliphatic rings. The number of benzene rings is 2. The zero-order chi connectivity index (χ0) is 22.0. The predicted molar refractivity (Wildman–Crippen MR) is 104 cm³/mol. The van der Waals surface area contributed by atoms with Crippen molar-refractivity contribution in [2.24, 2.45) is 0 Å². The molecule has 0 heterocycles. The van der Waals surface area contributed by atoms with E-state index in [-0.39, 0.29) is 28.6 Å². The number of alkyl halides is 3. The highest BCUT2D eigenvalue weighted by atomic mass is 32.2. The molecule has 0 saturated heterocycles. The van der Waals surface area contributed by atoms with Gasteiger partial charge in [-0.25, -0.2) is 8.42 Å². The summed E-state index contributed by atoms with van der Waals surface area (Å²) in [7, 11) is -0.980. The standard InChI is InChI=1S/C20H23F3N2O3S/c1-14(2)25(4)29(27,28)17-10-7-9-15(12-17)19(26)24(3)13-16-8-5-6-11-18(16)20(21,22)23/h5-12,14H,13H2,1-4H3. The van der Waals surface area contributed by atoms with Crippen molar-refractivity contribution in [1.29, 1.82) is 0 Å². The molecular formula is C20H23F3N2O3S. The van der Waals surface area contributed by atoms with Gasteiger partial charge in [-0.1, -0.05) is 24.3 Å². The monoisotopic (exact) mass is 428 g/mol. The maximum Gasteiger partial charge on any atom is 0.416 e. The Morgan fingerprint density at radius 3 is 2.24 bits per heavy atom. The molecule has 2 rings (SSSR count). The number of amides is 1. The van der Waals surface area contributed by atoms with Crippen LogP contribution >= 0.6 is 0 Å². The maximum atomic E-state index is 13.2. The number of halogens is 3. The second kappa shape index (κ2) is 8.54. The van der Waals surface area contributed by atoms with Crippen LogP contribution in [-0.4, -0.2) is 43.7 Å². The average molecular weight is 428 g/mol. The molecule has 0 aliphatic carbocycles. The number of carbonyl (C=O) groups is 1. The van der Waals surface area contributed by atoms with Gasteiger partial charge in [-0.3, -0.25) is 4.79 Å². The van der Waals surface area contributed by atoms with E-state index in [0.717, 1.165) is 11.0 Å². The first-order valence-electron chi connectivity index (χ1n) is 8.84. The lowest BCUT2D eigenvalue weighted by Gasteiger charge is -2.22. The Hall–Kier alpha value is -2.39. The van der Waals surface area contributed by atoms with Crippen LogP contribution < -0.4 is 0 Å². The molecule has 1 amide bonds. The molecular weight excluding hydrogens is 405 g/mol. The van der Waals surface area contributed by atoms with Crippen LogP contribution in [0.4, 0.5) is 13.2 Å². The van der Waals surface area contributed by atoms with E-state index in [0.29, 0.717) is 0 Å². The minimum Gasteiger partial charge on any atom is -0.337 e. The Labute approximate surface area is 168 Å². The zero-order valence-electron chi connectivity index (χ0n) is 16.6. The molecule has 9 heteroatoms. The highest BCUT2D eigenvalue weighted by Gasteiger charge is 2.33. The molecule has 0 fully saturated rings. The molecule has 0 saturated carbocycles. The quantitative estimate of drug-likeness (QED) is 0.699. The number of sulfonamides is 1. The first-order chi connectivity index (χ1) is 13.4. The summed E-state index contributed by atoms with van der Waals surface area (Å²) < 4.78 is 66.0. The van der Waals surface area contributed by atoms with Crippen molar-refractivity contribution in [3.8, 4) is 0 Å². The smallest absolute Gasteiger partial charge is 0.337 e. The Balaban J connectivity index is 2.30. The Bertz CT molecular complexity index is 988. The molecule has 2 aromatic rings. The van der Waals surface area contributed by atoms with Crippen molar-refractivity contribution in [2.45, 2.75) is 37.5 Å². The van der Waals surface area contributed by atoms with Crippen molar-refractivity contribution < 1.29 is 26.4 Å². The Morgan fingerprint density at radius 2 is 1.66 bits per heavy atom. The first-order valence-corrected chi connectivity index (χ1v) is 10.3. The van der Waals surface area contributed by atoms with Crippen LogP contribution in [0.2, 0.25) is 0 Å². The third kappa shape index (κ3) is 5.16. The summed E-state index contributed by atoms with van der Waals surface area (Å²) in [6.45, 7) is 3.17.